The van der Waals surface area contributed by atoms with Crippen LogP contribution in [0.3, 0.4) is 0 Å². The summed E-state index contributed by atoms with van der Waals surface area (Å²) in [6.45, 7) is 2.93. The Morgan fingerprint density at radius 1 is 1.58 bits per heavy atom. The normalized spacial score (nSPS) is 23.8. The van der Waals surface area contributed by atoms with Gasteiger partial charge in [0.15, 0.2) is 0 Å². The van der Waals surface area contributed by atoms with Crippen molar-refractivity contribution in [1.29, 1.82) is 0 Å². The molecule has 1 aromatic rings. The lowest BCUT2D eigenvalue weighted by Gasteiger charge is -2.26. The largest absolute Gasteiger partial charge is 0.478 e. The van der Waals surface area contributed by atoms with Gasteiger partial charge >= 0.3 is 5.97 Å². The average molecular weight is 280 g/mol. The molecule has 2 rings (SSSR count). The van der Waals surface area contributed by atoms with Crippen LogP contribution >= 0.6 is 11.3 Å². The lowest BCUT2D eigenvalue weighted by atomic mass is 9.89. The molecule has 19 heavy (non-hydrogen) atoms. The Bertz CT molecular complexity index is 450. The molecule has 1 aliphatic rings. The minimum atomic E-state index is -0.916. The van der Waals surface area contributed by atoms with Crippen molar-refractivity contribution in [2.24, 2.45) is 5.92 Å². The van der Waals surface area contributed by atoms with E-state index < -0.39 is 5.97 Å². The Morgan fingerprint density at radius 3 is 3.16 bits per heavy atom. The Balaban J connectivity index is 1.81. The van der Waals surface area contributed by atoms with Gasteiger partial charge in [-0.05, 0) is 41.8 Å². The first-order chi connectivity index (χ1) is 9.13. The third-order valence-electron chi connectivity index (χ3n) is 3.44. The molecule has 1 heterocycles. The number of ether oxygens (including phenoxy) is 1. The molecule has 0 aromatic carbocycles. The molecule has 0 amide bonds. The summed E-state index contributed by atoms with van der Waals surface area (Å²) in [6, 6.07) is 2.00. The van der Waals surface area contributed by atoms with Gasteiger partial charge in [0, 0.05) is 11.0 Å². The summed E-state index contributed by atoms with van der Waals surface area (Å²) in [5.74, 6) is -0.142. The van der Waals surface area contributed by atoms with E-state index in [2.05, 4.69) is 6.92 Å². The summed E-state index contributed by atoms with van der Waals surface area (Å²) < 4.78 is 5.95. The van der Waals surface area contributed by atoms with Crippen molar-refractivity contribution in [3.8, 4) is 0 Å². The number of aliphatic carboxylic acids is 1. The zero-order chi connectivity index (χ0) is 13.7. The van der Waals surface area contributed by atoms with Crippen molar-refractivity contribution in [2.75, 3.05) is 0 Å². The molecule has 0 radical (unpaired) electrons. The van der Waals surface area contributed by atoms with Crippen LogP contribution in [0, 0.1) is 5.92 Å². The van der Waals surface area contributed by atoms with Crippen LogP contribution in [0.5, 0.6) is 0 Å². The van der Waals surface area contributed by atoms with E-state index in [-0.39, 0.29) is 0 Å². The first-order valence-corrected chi connectivity index (χ1v) is 7.61. The van der Waals surface area contributed by atoms with Gasteiger partial charge in [-0.25, -0.2) is 4.79 Å². The number of carboxylic acids is 1. The number of carbonyl (C=O) groups is 1. The zero-order valence-electron chi connectivity index (χ0n) is 11.2. The maximum Gasteiger partial charge on any atom is 0.328 e. The number of hydrogen-bond acceptors (Lipinski definition) is 3. The van der Waals surface area contributed by atoms with Gasteiger partial charge in [-0.2, -0.15) is 0 Å². The standard InChI is InChI=1S/C15H20O3S/c1-11-3-2-4-13(7-11)18-9-14-8-12(10-19-14)5-6-15(16)17/h5-6,8,10-11,13H,2-4,7,9H2,1H3,(H,16,17). The Kier molecular flexibility index (Phi) is 5.16. The second-order valence-electron chi connectivity index (χ2n) is 5.22. The second-order valence-corrected chi connectivity index (χ2v) is 6.22. The fraction of sp³-hybridized carbons (Fsp3) is 0.533. The van der Waals surface area contributed by atoms with E-state index in [9.17, 15) is 4.79 Å². The molecule has 1 aliphatic carbocycles. The average Bonchev–Trinajstić information content (AvgIpc) is 2.82. The Hall–Kier alpha value is -1.13. The van der Waals surface area contributed by atoms with Crippen LogP contribution in [0.1, 0.15) is 43.0 Å². The predicted octanol–water partition coefficient (Wildman–Crippen LogP) is 3.94. The topological polar surface area (TPSA) is 46.5 Å². The van der Waals surface area contributed by atoms with Crippen LogP contribution in [0.25, 0.3) is 6.08 Å². The van der Waals surface area contributed by atoms with E-state index in [1.165, 1.54) is 19.3 Å². The number of carboxylic acid groups (broad SMARTS) is 1. The predicted molar refractivity (Wildman–Crippen MR) is 77.2 cm³/mol. The van der Waals surface area contributed by atoms with Gasteiger partial charge < -0.3 is 9.84 Å². The molecule has 1 fully saturated rings. The molecule has 2 atom stereocenters. The molecule has 0 bridgehead atoms. The van der Waals surface area contributed by atoms with E-state index in [0.29, 0.717) is 12.7 Å². The van der Waals surface area contributed by atoms with Crippen molar-refractivity contribution >= 4 is 23.4 Å². The first kappa shape index (κ1) is 14.3. The van der Waals surface area contributed by atoms with Crippen LogP contribution in [-0.2, 0) is 16.1 Å². The summed E-state index contributed by atoms with van der Waals surface area (Å²) in [5.41, 5.74) is 0.933. The maximum atomic E-state index is 10.4. The molecule has 2 unspecified atom stereocenters. The first-order valence-electron chi connectivity index (χ1n) is 6.73. The molecular formula is C15H20O3S. The molecule has 0 aliphatic heterocycles. The minimum Gasteiger partial charge on any atom is -0.478 e. The van der Waals surface area contributed by atoms with Gasteiger partial charge in [0.1, 0.15) is 0 Å². The molecular weight excluding hydrogens is 260 g/mol. The quantitative estimate of drug-likeness (QED) is 0.831. The van der Waals surface area contributed by atoms with Crippen molar-refractivity contribution in [3.05, 3.63) is 28.0 Å². The van der Waals surface area contributed by atoms with E-state index in [4.69, 9.17) is 9.84 Å². The number of thiophene rings is 1. The third kappa shape index (κ3) is 4.80. The Morgan fingerprint density at radius 2 is 2.42 bits per heavy atom. The van der Waals surface area contributed by atoms with Gasteiger partial charge in [-0.15, -0.1) is 11.3 Å². The van der Waals surface area contributed by atoms with Crippen LogP contribution in [0.2, 0.25) is 0 Å². The summed E-state index contributed by atoms with van der Waals surface area (Å²) in [4.78, 5) is 11.6. The molecule has 1 aromatic heterocycles. The summed E-state index contributed by atoms with van der Waals surface area (Å²) in [5, 5.41) is 10.5. The van der Waals surface area contributed by atoms with Gasteiger partial charge in [0.2, 0.25) is 0 Å². The zero-order valence-corrected chi connectivity index (χ0v) is 12.0. The molecule has 4 heteroatoms. The number of hydrogen-bond donors (Lipinski definition) is 1. The van der Waals surface area contributed by atoms with E-state index in [0.717, 1.165) is 28.9 Å². The summed E-state index contributed by atoms with van der Waals surface area (Å²) >= 11 is 1.62. The smallest absolute Gasteiger partial charge is 0.328 e. The highest BCUT2D eigenvalue weighted by molar-refractivity contribution is 7.10. The van der Waals surface area contributed by atoms with Crippen LogP contribution in [0.4, 0.5) is 0 Å². The van der Waals surface area contributed by atoms with Gasteiger partial charge in [-0.1, -0.05) is 19.8 Å². The molecule has 1 N–H and O–H groups in total. The van der Waals surface area contributed by atoms with E-state index in [1.807, 2.05) is 11.4 Å². The van der Waals surface area contributed by atoms with Crippen molar-refractivity contribution in [1.82, 2.24) is 0 Å². The maximum absolute atomic E-state index is 10.4. The van der Waals surface area contributed by atoms with Gasteiger partial charge in [-0.3, -0.25) is 0 Å². The van der Waals surface area contributed by atoms with Crippen molar-refractivity contribution in [3.63, 3.8) is 0 Å². The SMILES string of the molecule is CC1CCCC(OCc2cc(C=CC(=O)O)cs2)C1. The van der Waals surface area contributed by atoms with Crippen molar-refractivity contribution in [2.45, 2.75) is 45.3 Å². The highest BCUT2D eigenvalue weighted by atomic mass is 32.1. The van der Waals surface area contributed by atoms with Crippen LogP contribution in [-0.4, -0.2) is 17.2 Å². The van der Waals surface area contributed by atoms with Crippen LogP contribution < -0.4 is 0 Å². The van der Waals surface area contributed by atoms with E-state index in [1.54, 1.807) is 17.4 Å². The molecule has 1 saturated carbocycles. The molecule has 104 valence electrons. The number of rotatable bonds is 5. The summed E-state index contributed by atoms with van der Waals surface area (Å²) in [6.07, 6.45) is 8.09. The lowest BCUT2D eigenvalue weighted by molar-refractivity contribution is -0.131. The fourth-order valence-corrected chi connectivity index (χ4v) is 3.23. The lowest BCUT2D eigenvalue weighted by Crippen LogP contribution is -2.21. The Labute approximate surface area is 117 Å². The highest BCUT2D eigenvalue weighted by Gasteiger charge is 2.19. The minimum absolute atomic E-state index is 0.392. The highest BCUT2D eigenvalue weighted by Crippen LogP contribution is 2.27. The monoisotopic (exact) mass is 280 g/mol. The molecule has 0 spiro atoms. The van der Waals surface area contributed by atoms with E-state index >= 15 is 0 Å². The molecule has 0 saturated heterocycles. The van der Waals surface area contributed by atoms with Crippen LogP contribution in [0.15, 0.2) is 17.5 Å². The molecule has 3 nitrogen and oxygen atoms in total. The third-order valence-corrected chi connectivity index (χ3v) is 4.37. The van der Waals surface area contributed by atoms with Gasteiger partial charge in [0.25, 0.3) is 0 Å². The summed E-state index contributed by atoms with van der Waals surface area (Å²) in [7, 11) is 0. The van der Waals surface area contributed by atoms with Crippen molar-refractivity contribution < 1.29 is 14.6 Å². The second kappa shape index (κ2) is 6.87. The fourth-order valence-electron chi connectivity index (χ4n) is 2.46. The van der Waals surface area contributed by atoms with Gasteiger partial charge in [0.05, 0.1) is 12.7 Å².